The lowest BCUT2D eigenvalue weighted by Gasteiger charge is -2.21. The minimum Gasteiger partial charge on any atom is -0.361 e. The van der Waals surface area contributed by atoms with Crippen LogP contribution in [0.2, 0.25) is 0 Å². The first-order valence-corrected chi connectivity index (χ1v) is 9.54. The highest BCUT2D eigenvalue weighted by molar-refractivity contribution is 5.80. The molecule has 0 amide bonds. The maximum absolute atomic E-state index is 6.28. The molecule has 3 nitrogen and oxygen atoms in total. The molecule has 1 aliphatic rings. The number of para-hydroxylation sites is 1. The third-order valence-electron chi connectivity index (χ3n) is 4.72. The van der Waals surface area contributed by atoms with Crippen molar-refractivity contribution in [2.75, 3.05) is 5.17 Å². The predicted molar refractivity (Wildman–Crippen MR) is 111 cm³/mol. The normalized spacial score (nSPS) is 13.4. The van der Waals surface area contributed by atoms with E-state index in [9.17, 15) is 0 Å². The highest BCUT2D eigenvalue weighted by Gasteiger charge is 2.26. The summed E-state index contributed by atoms with van der Waals surface area (Å²) in [6, 6.07) is 29.1. The summed E-state index contributed by atoms with van der Waals surface area (Å²) in [6.45, 7) is 2.20. The van der Waals surface area contributed by atoms with Crippen LogP contribution in [0.1, 0.15) is 31.7 Å². The van der Waals surface area contributed by atoms with Gasteiger partial charge in [0.2, 0.25) is 0 Å². The van der Waals surface area contributed by atoms with Gasteiger partial charge in [-0.2, -0.15) is 0 Å². The van der Waals surface area contributed by atoms with Gasteiger partial charge >= 0.3 is 0 Å². The van der Waals surface area contributed by atoms with Gasteiger partial charge in [0.15, 0.2) is 5.76 Å². The fourth-order valence-electron chi connectivity index (χ4n) is 3.30. The number of hydrogen-bond donors (Lipinski definition) is 1. The Hall–Kier alpha value is -3.20. The molecule has 3 aromatic rings. The van der Waals surface area contributed by atoms with Crippen LogP contribution in [-0.2, 0) is 4.84 Å². The number of benzene rings is 3. The molecule has 0 aliphatic carbocycles. The van der Waals surface area contributed by atoms with Crippen LogP contribution in [0.25, 0.3) is 16.8 Å². The van der Waals surface area contributed by atoms with Gasteiger partial charge in [-0.15, -0.1) is 5.17 Å². The lowest BCUT2D eigenvalue weighted by Crippen LogP contribution is -2.30. The second-order valence-corrected chi connectivity index (χ2v) is 6.65. The zero-order valence-electron chi connectivity index (χ0n) is 15.6. The Kier molecular flexibility index (Phi) is 5.10. The van der Waals surface area contributed by atoms with Crippen molar-refractivity contribution >= 4 is 11.4 Å². The van der Waals surface area contributed by atoms with Gasteiger partial charge in [-0.1, -0.05) is 92.2 Å². The van der Waals surface area contributed by atoms with E-state index in [1.165, 1.54) is 5.56 Å². The number of hydrazine groups is 1. The van der Waals surface area contributed by atoms with Crippen molar-refractivity contribution in [2.45, 2.75) is 26.2 Å². The molecular formula is C24H24N2O. The maximum atomic E-state index is 6.28. The fraction of sp³-hybridized carbons (Fsp3) is 0.167. The quantitative estimate of drug-likeness (QED) is 0.572. The Bertz CT molecular complexity index is 919. The van der Waals surface area contributed by atoms with Crippen molar-refractivity contribution in [3.8, 4) is 11.1 Å². The van der Waals surface area contributed by atoms with Gasteiger partial charge in [0.25, 0.3) is 0 Å². The summed E-state index contributed by atoms with van der Waals surface area (Å²) >= 11 is 0. The molecule has 0 spiro atoms. The largest absolute Gasteiger partial charge is 0.361 e. The topological polar surface area (TPSA) is 24.5 Å². The minimum absolute atomic E-state index is 0.914. The van der Waals surface area contributed by atoms with Crippen molar-refractivity contribution in [3.63, 3.8) is 0 Å². The smallest absolute Gasteiger partial charge is 0.160 e. The lowest BCUT2D eigenvalue weighted by atomic mass is 10.0. The molecule has 3 heteroatoms. The highest BCUT2D eigenvalue weighted by atomic mass is 16.7. The van der Waals surface area contributed by atoms with Crippen molar-refractivity contribution < 1.29 is 4.84 Å². The Morgan fingerprint density at radius 2 is 1.41 bits per heavy atom. The summed E-state index contributed by atoms with van der Waals surface area (Å²) in [6.07, 6.45) is 3.15. The third-order valence-corrected chi connectivity index (χ3v) is 4.72. The van der Waals surface area contributed by atoms with Crippen molar-refractivity contribution in [3.05, 3.63) is 96.3 Å². The molecule has 27 heavy (non-hydrogen) atoms. The monoisotopic (exact) mass is 356 g/mol. The summed E-state index contributed by atoms with van der Waals surface area (Å²) in [7, 11) is 0. The van der Waals surface area contributed by atoms with Gasteiger partial charge < -0.3 is 4.84 Å². The molecule has 136 valence electrons. The van der Waals surface area contributed by atoms with Crippen LogP contribution in [0.15, 0.2) is 90.7 Å². The molecule has 1 heterocycles. The van der Waals surface area contributed by atoms with Crippen molar-refractivity contribution in [1.82, 2.24) is 5.43 Å². The Balaban J connectivity index is 1.68. The molecule has 1 N–H and O–H groups in total. The van der Waals surface area contributed by atoms with Crippen LogP contribution < -0.4 is 10.6 Å². The second kappa shape index (κ2) is 8.00. The zero-order valence-corrected chi connectivity index (χ0v) is 15.6. The van der Waals surface area contributed by atoms with Crippen molar-refractivity contribution in [1.29, 1.82) is 0 Å². The van der Waals surface area contributed by atoms with E-state index in [-0.39, 0.29) is 0 Å². The molecule has 1 aliphatic heterocycles. The fourth-order valence-corrected chi connectivity index (χ4v) is 3.30. The number of nitrogens with one attached hydrogen (secondary N) is 1. The Labute approximate surface area is 160 Å². The number of nitrogens with zero attached hydrogens (tertiary/aromatic N) is 1. The molecule has 0 aromatic heterocycles. The molecule has 0 atom stereocenters. The standard InChI is InChI=1S/C24H24N2O/c1-2-3-18-23-24(20-14-8-5-9-15-20)25-26(27-23)22-17-11-10-16-21(22)19-12-6-4-7-13-19/h4-17,25H,2-3,18H2,1H3. The van der Waals surface area contributed by atoms with E-state index >= 15 is 0 Å². The van der Waals surface area contributed by atoms with Gasteiger partial charge in [0.1, 0.15) is 11.4 Å². The van der Waals surface area contributed by atoms with Gasteiger partial charge in [-0.25, -0.2) is 0 Å². The summed E-state index contributed by atoms with van der Waals surface area (Å²) < 4.78 is 0. The van der Waals surface area contributed by atoms with Gasteiger partial charge in [0.05, 0.1) is 0 Å². The molecule has 0 unspecified atom stereocenters. The summed E-state index contributed by atoms with van der Waals surface area (Å²) in [5.74, 6) is 0.992. The zero-order chi connectivity index (χ0) is 18.5. The number of allylic oxidation sites excluding steroid dienone is 1. The number of unbranched alkanes of at least 4 members (excludes halogenated alkanes) is 1. The molecule has 0 saturated heterocycles. The Morgan fingerprint density at radius 1 is 0.778 bits per heavy atom. The molecule has 3 aromatic carbocycles. The lowest BCUT2D eigenvalue weighted by molar-refractivity contribution is 0.182. The van der Waals surface area contributed by atoms with E-state index < -0.39 is 0 Å². The average molecular weight is 356 g/mol. The molecule has 4 rings (SSSR count). The van der Waals surface area contributed by atoms with E-state index in [0.29, 0.717) is 0 Å². The van der Waals surface area contributed by atoms with E-state index in [2.05, 4.69) is 79.1 Å². The molecule has 0 bridgehead atoms. The highest BCUT2D eigenvalue weighted by Crippen LogP contribution is 2.36. The van der Waals surface area contributed by atoms with E-state index in [1.807, 2.05) is 18.2 Å². The minimum atomic E-state index is 0.914. The molecular weight excluding hydrogens is 332 g/mol. The maximum Gasteiger partial charge on any atom is 0.160 e. The third kappa shape index (κ3) is 3.68. The van der Waals surface area contributed by atoms with Crippen LogP contribution in [0, 0.1) is 0 Å². The van der Waals surface area contributed by atoms with E-state index in [1.54, 1.807) is 5.17 Å². The molecule has 0 saturated carbocycles. The second-order valence-electron chi connectivity index (χ2n) is 6.65. The number of hydrogen-bond acceptors (Lipinski definition) is 3. The Morgan fingerprint density at radius 3 is 2.11 bits per heavy atom. The van der Waals surface area contributed by atoms with Crippen LogP contribution in [-0.4, -0.2) is 0 Å². The summed E-state index contributed by atoms with van der Waals surface area (Å²) in [5.41, 5.74) is 8.98. The van der Waals surface area contributed by atoms with Gasteiger partial charge in [-0.3, -0.25) is 5.43 Å². The summed E-state index contributed by atoms with van der Waals surface area (Å²) in [5, 5.41) is 1.80. The van der Waals surface area contributed by atoms with E-state index in [0.717, 1.165) is 47.5 Å². The van der Waals surface area contributed by atoms with Gasteiger partial charge in [0, 0.05) is 17.5 Å². The molecule has 0 fully saturated rings. The van der Waals surface area contributed by atoms with Crippen molar-refractivity contribution in [2.24, 2.45) is 0 Å². The first kappa shape index (κ1) is 17.2. The average Bonchev–Trinajstić information content (AvgIpc) is 3.17. The first-order chi connectivity index (χ1) is 13.4. The van der Waals surface area contributed by atoms with Crippen LogP contribution >= 0.6 is 0 Å². The van der Waals surface area contributed by atoms with Crippen LogP contribution in [0.3, 0.4) is 0 Å². The van der Waals surface area contributed by atoms with Gasteiger partial charge in [-0.05, 0) is 18.1 Å². The van der Waals surface area contributed by atoms with Crippen LogP contribution in [0.5, 0.6) is 0 Å². The summed E-state index contributed by atoms with van der Waals surface area (Å²) in [4.78, 5) is 6.28. The SMILES string of the molecule is CCCCC1=C(c2ccccc2)NN(c2ccccc2-c2ccccc2)O1. The number of anilines is 1. The first-order valence-electron chi connectivity index (χ1n) is 9.54. The van der Waals surface area contributed by atoms with Crippen LogP contribution in [0.4, 0.5) is 5.69 Å². The van der Waals surface area contributed by atoms with E-state index in [4.69, 9.17) is 4.84 Å². The molecule has 0 radical (unpaired) electrons. The number of rotatable bonds is 6. The predicted octanol–water partition coefficient (Wildman–Crippen LogP) is 6.17.